The van der Waals surface area contributed by atoms with Gasteiger partial charge >= 0.3 is 0 Å². The van der Waals surface area contributed by atoms with Crippen molar-refractivity contribution in [3.63, 3.8) is 0 Å². The molecular formula is C18H2F8N4. The van der Waals surface area contributed by atoms with Gasteiger partial charge in [-0.15, -0.1) is 0 Å². The summed E-state index contributed by atoms with van der Waals surface area (Å²) >= 11 is 0. The van der Waals surface area contributed by atoms with Crippen LogP contribution in [0.2, 0.25) is 0 Å². The van der Waals surface area contributed by atoms with Crippen LogP contribution >= 0.6 is 0 Å². The molecule has 0 amide bonds. The van der Waals surface area contributed by atoms with Crippen molar-refractivity contribution in [2.75, 3.05) is 0 Å². The number of pyridine rings is 2. The highest BCUT2D eigenvalue weighted by atomic mass is 19.2. The minimum Gasteiger partial charge on any atom is -0.243 e. The first-order chi connectivity index (χ1) is 14.2. The molecule has 0 N–H and O–H groups in total. The number of rotatable bonds is 0. The first kappa shape index (κ1) is 20.7. The Morgan fingerprint density at radius 3 is 1.07 bits per heavy atom. The van der Waals surface area contributed by atoms with Crippen LogP contribution in [0.1, 0.15) is 22.5 Å². The van der Waals surface area contributed by atoms with Crippen molar-refractivity contribution in [2.45, 2.75) is 0 Å². The lowest BCUT2D eigenvalue weighted by Crippen LogP contribution is -2.04. The van der Waals surface area contributed by atoms with Crippen molar-refractivity contribution in [2.24, 2.45) is 0 Å². The Hall–Kier alpha value is -4.06. The highest BCUT2D eigenvalue weighted by Gasteiger charge is 2.20. The van der Waals surface area contributed by atoms with Gasteiger partial charge in [0, 0.05) is 12.4 Å². The Morgan fingerprint density at radius 2 is 0.767 bits per heavy atom. The Balaban J connectivity index is 2.09. The molecule has 3 aromatic heterocycles. The van der Waals surface area contributed by atoms with E-state index in [-0.39, 0.29) is 0 Å². The molecule has 3 aromatic rings. The lowest BCUT2D eigenvalue weighted by molar-refractivity contribution is 0.404. The van der Waals surface area contributed by atoms with E-state index in [0.717, 1.165) is 12.4 Å². The van der Waals surface area contributed by atoms with Crippen LogP contribution in [0.5, 0.6) is 0 Å². The molecular weight excluding hydrogens is 424 g/mol. The van der Waals surface area contributed by atoms with E-state index < -0.39 is 69.6 Å². The molecule has 0 aliphatic rings. The van der Waals surface area contributed by atoms with Gasteiger partial charge in [-0.05, 0) is 11.8 Å². The summed E-state index contributed by atoms with van der Waals surface area (Å²) in [7, 11) is 0. The normalized spacial score (nSPS) is 10.1. The molecule has 0 saturated heterocycles. The molecule has 0 bridgehead atoms. The fraction of sp³-hybridized carbons (Fsp3) is 0. The molecule has 0 fully saturated rings. The molecule has 0 unspecified atom stereocenters. The number of hydrogen-bond acceptors (Lipinski definition) is 4. The second kappa shape index (κ2) is 8.13. The van der Waals surface area contributed by atoms with E-state index in [1.807, 2.05) is 11.8 Å². The molecule has 30 heavy (non-hydrogen) atoms. The maximum Gasteiger partial charge on any atom is 0.253 e. The van der Waals surface area contributed by atoms with Crippen LogP contribution in [0.25, 0.3) is 0 Å². The Bertz CT molecular complexity index is 1150. The molecule has 150 valence electrons. The maximum atomic E-state index is 13.6. The molecule has 3 heterocycles. The number of aromatic nitrogens is 4. The van der Waals surface area contributed by atoms with Crippen molar-refractivity contribution in [3.05, 3.63) is 82.0 Å². The third kappa shape index (κ3) is 3.89. The second-order valence-electron chi connectivity index (χ2n) is 5.15. The first-order valence-electron chi connectivity index (χ1n) is 7.45. The van der Waals surface area contributed by atoms with Gasteiger partial charge in [0.1, 0.15) is 22.5 Å². The fourth-order valence-corrected chi connectivity index (χ4v) is 1.96. The molecule has 0 spiro atoms. The van der Waals surface area contributed by atoms with E-state index in [2.05, 4.69) is 19.9 Å². The number of nitrogens with zero attached hydrogens (tertiary/aromatic N) is 4. The summed E-state index contributed by atoms with van der Waals surface area (Å²) in [4.78, 5) is 12.0. The summed E-state index contributed by atoms with van der Waals surface area (Å²) in [5.41, 5.74) is -3.48. The highest BCUT2D eigenvalue weighted by molar-refractivity contribution is 5.49. The molecule has 4 nitrogen and oxygen atoms in total. The van der Waals surface area contributed by atoms with Gasteiger partial charge in [-0.3, -0.25) is 0 Å². The SMILES string of the molecule is Fc1nc(F)c(F)c(C#Cc2nccnc2C#Cc2c(F)c(F)nc(F)c2F)c1F. The zero-order chi connectivity index (χ0) is 22.0. The maximum absolute atomic E-state index is 13.6. The van der Waals surface area contributed by atoms with Crippen molar-refractivity contribution in [3.8, 4) is 23.7 Å². The standard InChI is InChI=1S/C18H2F8N4/c19-11-7(12(20)16(24)29-15(11)23)1-3-9-10(28-6-5-27-9)4-2-8-13(21)17(25)30-18(26)14(8)22/h5-6H. The van der Waals surface area contributed by atoms with Crippen molar-refractivity contribution >= 4 is 0 Å². The topological polar surface area (TPSA) is 51.6 Å². The van der Waals surface area contributed by atoms with Gasteiger partial charge in [-0.2, -0.15) is 27.5 Å². The monoisotopic (exact) mass is 426 g/mol. The zero-order valence-corrected chi connectivity index (χ0v) is 14.0. The van der Waals surface area contributed by atoms with Gasteiger partial charge in [-0.1, -0.05) is 11.8 Å². The summed E-state index contributed by atoms with van der Waals surface area (Å²) in [5, 5.41) is 0. The fourth-order valence-electron chi connectivity index (χ4n) is 1.96. The third-order valence-corrected chi connectivity index (χ3v) is 3.31. The van der Waals surface area contributed by atoms with Crippen LogP contribution in [0, 0.1) is 70.7 Å². The minimum absolute atomic E-state index is 0.433. The Labute approximate surface area is 161 Å². The van der Waals surface area contributed by atoms with Gasteiger partial charge in [0.15, 0.2) is 23.3 Å². The van der Waals surface area contributed by atoms with E-state index in [4.69, 9.17) is 0 Å². The lowest BCUT2D eigenvalue weighted by atomic mass is 10.2. The van der Waals surface area contributed by atoms with Gasteiger partial charge in [0.05, 0.1) is 0 Å². The summed E-state index contributed by atoms with van der Waals surface area (Å²) in [5.74, 6) is -7.58. The number of hydrogen-bond donors (Lipinski definition) is 0. The Morgan fingerprint density at radius 1 is 0.467 bits per heavy atom. The molecule has 0 aliphatic heterocycles. The van der Waals surface area contributed by atoms with Crippen LogP contribution in [-0.4, -0.2) is 19.9 Å². The van der Waals surface area contributed by atoms with Crippen molar-refractivity contribution in [1.29, 1.82) is 0 Å². The van der Waals surface area contributed by atoms with E-state index >= 15 is 0 Å². The average Bonchev–Trinajstić information content (AvgIpc) is 2.71. The predicted octanol–water partition coefficient (Wildman–Crippen LogP) is 3.18. The van der Waals surface area contributed by atoms with E-state index in [0.29, 0.717) is 0 Å². The zero-order valence-electron chi connectivity index (χ0n) is 14.0. The van der Waals surface area contributed by atoms with Crippen LogP contribution in [-0.2, 0) is 0 Å². The molecule has 0 atom stereocenters. The van der Waals surface area contributed by atoms with Crippen molar-refractivity contribution in [1.82, 2.24) is 19.9 Å². The third-order valence-electron chi connectivity index (χ3n) is 3.31. The predicted molar refractivity (Wildman–Crippen MR) is 82.1 cm³/mol. The van der Waals surface area contributed by atoms with Crippen molar-refractivity contribution < 1.29 is 35.1 Å². The average molecular weight is 426 g/mol. The molecule has 0 aromatic carbocycles. The van der Waals surface area contributed by atoms with Gasteiger partial charge in [0.25, 0.3) is 23.8 Å². The van der Waals surface area contributed by atoms with Gasteiger partial charge in [0.2, 0.25) is 0 Å². The lowest BCUT2D eigenvalue weighted by Gasteiger charge is -2.00. The quantitative estimate of drug-likeness (QED) is 0.315. The summed E-state index contributed by atoms with van der Waals surface area (Å²) in [6.45, 7) is 0. The molecule has 3 rings (SSSR count). The molecule has 0 aliphatic carbocycles. The molecule has 0 radical (unpaired) electrons. The van der Waals surface area contributed by atoms with Gasteiger partial charge < -0.3 is 0 Å². The van der Waals surface area contributed by atoms with E-state index in [1.165, 1.54) is 0 Å². The highest BCUT2D eigenvalue weighted by Crippen LogP contribution is 2.17. The Kier molecular flexibility index (Phi) is 5.60. The van der Waals surface area contributed by atoms with Crippen LogP contribution in [0.4, 0.5) is 35.1 Å². The molecule has 12 heteroatoms. The first-order valence-corrected chi connectivity index (χ1v) is 7.45. The molecule has 0 saturated carbocycles. The number of halogens is 8. The van der Waals surface area contributed by atoms with E-state index in [1.54, 1.807) is 11.8 Å². The summed E-state index contributed by atoms with van der Waals surface area (Å²) in [6.07, 6.45) is 2.09. The van der Waals surface area contributed by atoms with Crippen LogP contribution in [0.15, 0.2) is 12.4 Å². The largest absolute Gasteiger partial charge is 0.253 e. The second-order valence-corrected chi connectivity index (χ2v) is 5.15. The van der Waals surface area contributed by atoms with Crippen LogP contribution < -0.4 is 0 Å². The summed E-state index contributed by atoms with van der Waals surface area (Å²) < 4.78 is 107. The van der Waals surface area contributed by atoms with Crippen LogP contribution in [0.3, 0.4) is 0 Å². The minimum atomic E-state index is -1.94. The van der Waals surface area contributed by atoms with Gasteiger partial charge in [-0.25, -0.2) is 27.5 Å². The summed E-state index contributed by atoms with van der Waals surface area (Å²) in [6, 6.07) is 0. The van der Waals surface area contributed by atoms with E-state index in [9.17, 15) is 35.1 Å². The smallest absolute Gasteiger partial charge is 0.243 e.